The highest BCUT2D eigenvalue weighted by Crippen LogP contribution is 2.27. The molecule has 0 spiro atoms. The minimum absolute atomic E-state index is 0.678. The van der Waals surface area contributed by atoms with Crippen LogP contribution in [0.2, 0.25) is 0 Å². The second-order valence-corrected chi connectivity index (χ2v) is 5.54. The molecule has 1 aromatic rings. The minimum Gasteiger partial charge on any atom is -0.493 e. The second-order valence-electron chi connectivity index (χ2n) is 5.15. The minimum atomic E-state index is 0.678. The first kappa shape index (κ1) is 19.5. The highest BCUT2D eigenvalue weighted by molar-refractivity contribution is 7.80. The zero-order valence-electron chi connectivity index (χ0n) is 14.6. The van der Waals surface area contributed by atoms with Crippen molar-refractivity contribution in [1.82, 2.24) is 10.2 Å². The number of ether oxygens (including phenoxy) is 3. The second kappa shape index (κ2) is 11.1. The van der Waals surface area contributed by atoms with E-state index in [1.165, 1.54) is 5.56 Å². The average molecular weight is 340 g/mol. The van der Waals surface area contributed by atoms with Crippen molar-refractivity contribution in [1.29, 1.82) is 0 Å². The molecule has 1 aromatic carbocycles. The van der Waals surface area contributed by atoms with Gasteiger partial charge in [0.15, 0.2) is 16.6 Å². The molecule has 6 heteroatoms. The Morgan fingerprint density at radius 2 is 1.87 bits per heavy atom. The smallest absolute Gasteiger partial charge is 0.169 e. The van der Waals surface area contributed by atoms with Gasteiger partial charge in [0.05, 0.1) is 20.8 Å². The maximum Gasteiger partial charge on any atom is 0.169 e. The largest absolute Gasteiger partial charge is 0.493 e. The zero-order chi connectivity index (χ0) is 17.1. The summed E-state index contributed by atoms with van der Waals surface area (Å²) in [4.78, 5) is 2.15. The summed E-state index contributed by atoms with van der Waals surface area (Å²) in [7, 11) is 4.99. The van der Waals surface area contributed by atoms with Gasteiger partial charge in [0, 0.05) is 26.7 Å². The summed E-state index contributed by atoms with van der Waals surface area (Å²) in [5, 5.41) is 4.10. The number of hydrogen-bond acceptors (Lipinski definition) is 4. The van der Waals surface area contributed by atoms with E-state index in [9.17, 15) is 0 Å². The lowest BCUT2D eigenvalue weighted by Gasteiger charge is -2.25. The fourth-order valence-electron chi connectivity index (χ4n) is 2.25. The molecule has 0 unspecified atom stereocenters. The van der Waals surface area contributed by atoms with Gasteiger partial charge in [-0.1, -0.05) is 13.0 Å². The van der Waals surface area contributed by atoms with Gasteiger partial charge in [-0.3, -0.25) is 0 Å². The summed E-state index contributed by atoms with van der Waals surface area (Å²) in [5.41, 5.74) is 1.18. The van der Waals surface area contributed by atoms with Crippen LogP contribution in [0.5, 0.6) is 11.5 Å². The maximum atomic E-state index is 5.47. The Balaban J connectivity index is 2.49. The van der Waals surface area contributed by atoms with E-state index in [-0.39, 0.29) is 0 Å². The van der Waals surface area contributed by atoms with Crippen molar-refractivity contribution in [3.63, 3.8) is 0 Å². The molecule has 0 aliphatic heterocycles. The van der Waals surface area contributed by atoms with Crippen LogP contribution in [0.4, 0.5) is 0 Å². The van der Waals surface area contributed by atoms with Crippen LogP contribution < -0.4 is 14.8 Å². The predicted molar refractivity (Wildman–Crippen MR) is 97.6 cm³/mol. The molecule has 23 heavy (non-hydrogen) atoms. The maximum absolute atomic E-state index is 5.47. The van der Waals surface area contributed by atoms with Crippen LogP contribution >= 0.6 is 12.2 Å². The van der Waals surface area contributed by atoms with E-state index < -0.39 is 0 Å². The van der Waals surface area contributed by atoms with Gasteiger partial charge in [0.2, 0.25) is 0 Å². The fraction of sp³-hybridized carbons (Fsp3) is 0.588. The van der Waals surface area contributed by atoms with Crippen LogP contribution in [0, 0.1) is 0 Å². The Bertz CT molecular complexity index is 483. The molecule has 0 bridgehead atoms. The molecule has 5 nitrogen and oxygen atoms in total. The molecule has 1 N–H and O–H groups in total. The monoisotopic (exact) mass is 340 g/mol. The highest BCUT2D eigenvalue weighted by atomic mass is 32.1. The lowest BCUT2D eigenvalue weighted by atomic mass is 10.1. The summed E-state index contributed by atoms with van der Waals surface area (Å²) >= 11 is 5.47. The van der Waals surface area contributed by atoms with Gasteiger partial charge in [-0.25, -0.2) is 0 Å². The number of hydrogen-bond donors (Lipinski definition) is 1. The Kier molecular flexibility index (Phi) is 9.40. The van der Waals surface area contributed by atoms with Gasteiger partial charge < -0.3 is 24.4 Å². The van der Waals surface area contributed by atoms with E-state index in [4.69, 9.17) is 26.4 Å². The van der Waals surface area contributed by atoms with Crippen molar-refractivity contribution in [3.05, 3.63) is 23.8 Å². The third-order valence-electron chi connectivity index (χ3n) is 3.48. The van der Waals surface area contributed by atoms with Crippen molar-refractivity contribution in [3.8, 4) is 11.5 Å². The van der Waals surface area contributed by atoms with E-state index >= 15 is 0 Å². The van der Waals surface area contributed by atoms with Crippen molar-refractivity contribution < 1.29 is 14.2 Å². The summed E-state index contributed by atoms with van der Waals surface area (Å²) < 4.78 is 15.7. The Morgan fingerprint density at radius 1 is 1.13 bits per heavy atom. The molecule has 0 aromatic heterocycles. The van der Waals surface area contributed by atoms with Gasteiger partial charge in [0.25, 0.3) is 0 Å². The Hall–Kier alpha value is -1.53. The molecule has 0 amide bonds. The molecule has 0 heterocycles. The number of thiocarbonyl (C=S) groups is 1. The number of methoxy groups -OCH3 is 3. The lowest BCUT2D eigenvalue weighted by molar-refractivity contribution is 0.175. The number of rotatable bonds is 10. The Morgan fingerprint density at radius 3 is 2.48 bits per heavy atom. The average Bonchev–Trinajstić information content (AvgIpc) is 2.58. The van der Waals surface area contributed by atoms with Gasteiger partial charge in [-0.2, -0.15) is 0 Å². The molecule has 0 radical (unpaired) electrons. The van der Waals surface area contributed by atoms with Crippen molar-refractivity contribution in [2.45, 2.75) is 19.8 Å². The van der Waals surface area contributed by atoms with Crippen LogP contribution in [0.15, 0.2) is 18.2 Å². The van der Waals surface area contributed by atoms with Gasteiger partial charge in [-0.05, 0) is 42.8 Å². The van der Waals surface area contributed by atoms with Gasteiger partial charge in [-0.15, -0.1) is 0 Å². The molecular weight excluding hydrogens is 312 g/mol. The van der Waals surface area contributed by atoms with Crippen LogP contribution in [-0.4, -0.2) is 57.6 Å². The normalized spacial score (nSPS) is 10.3. The third-order valence-corrected chi connectivity index (χ3v) is 3.89. The van der Waals surface area contributed by atoms with E-state index in [1.807, 2.05) is 18.2 Å². The topological polar surface area (TPSA) is 43.0 Å². The molecule has 0 aliphatic carbocycles. The molecule has 0 saturated carbocycles. The van der Waals surface area contributed by atoms with Crippen LogP contribution in [0.25, 0.3) is 0 Å². The molecule has 0 atom stereocenters. The predicted octanol–water partition coefficient (Wildman–Crippen LogP) is 2.48. The SMILES string of the molecule is CCCN(CCOC)C(=S)NCCc1ccc(OC)c(OC)c1. The van der Waals surface area contributed by atoms with E-state index in [0.717, 1.165) is 49.1 Å². The molecule has 0 fully saturated rings. The summed E-state index contributed by atoms with van der Waals surface area (Å²) in [6.45, 7) is 5.35. The first-order chi connectivity index (χ1) is 11.2. The standard InChI is InChI=1S/C17H28N2O3S/c1-5-10-19(11-12-20-2)17(23)18-9-8-14-6-7-15(21-3)16(13-14)22-4/h6-7,13H,5,8-12H2,1-4H3,(H,18,23). The molecular formula is C17H28N2O3S. The lowest BCUT2D eigenvalue weighted by Crippen LogP contribution is -2.42. The summed E-state index contributed by atoms with van der Waals surface area (Å²) in [6.07, 6.45) is 1.92. The first-order valence-corrected chi connectivity index (χ1v) is 8.29. The molecule has 130 valence electrons. The Labute approximate surface area is 144 Å². The summed E-state index contributed by atoms with van der Waals surface area (Å²) in [5.74, 6) is 1.49. The quantitative estimate of drug-likeness (QED) is 0.660. The zero-order valence-corrected chi connectivity index (χ0v) is 15.4. The van der Waals surface area contributed by atoms with Crippen molar-refractivity contribution in [2.75, 3.05) is 47.6 Å². The molecule has 1 rings (SSSR count). The van der Waals surface area contributed by atoms with Gasteiger partial charge >= 0.3 is 0 Å². The van der Waals surface area contributed by atoms with Crippen LogP contribution in [-0.2, 0) is 11.2 Å². The summed E-state index contributed by atoms with van der Waals surface area (Å²) in [6, 6.07) is 5.97. The van der Waals surface area contributed by atoms with Crippen LogP contribution in [0.3, 0.4) is 0 Å². The van der Waals surface area contributed by atoms with E-state index in [2.05, 4.69) is 17.1 Å². The molecule has 0 aliphatic rings. The first-order valence-electron chi connectivity index (χ1n) is 7.88. The van der Waals surface area contributed by atoms with Gasteiger partial charge in [0.1, 0.15) is 0 Å². The van der Waals surface area contributed by atoms with Crippen LogP contribution in [0.1, 0.15) is 18.9 Å². The van der Waals surface area contributed by atoms with Crippen molar-refractivity contribution in [2.24, 2.45) is 0 Å². The van der Waals surface area contributed by atoms with E-state index in [0.29, 0.717) is 6.61 Å². The van der Waals surface area contributed by atoms with Crippen molar-refractivity contribution >= 4 is 17.3 Å². The number of nitrogens with one attached hydrogen (secondary N) is 1. The number of benzene rings is 1. The number of nitrogens with zero attached hydrogens (tertiary/aromatic N) is 1. The highest BCUT2D eigenvalue weighted by Gasteiger charge is 2.08. The van der Waals surface area contributed by atoms with E-state index in [1.54, 1.807) is 21.3 Å². The molecule has 0 saturated heterocycles. The third kappa shape index (κ3) is 6.62. The fourth-order valence-corrected chi connectivity index (χ4v) is 2.53.